The van der Waals surface area contributed by atoms with E-state index >= 15 is 0 Å². The predicted molar refractivity (Wildman–Crippen MR) is 76.8 cm³/mol. The summed E-state index contributed by atoms with van der Waals surface area (Å²) >= 11 is 0. The standard InChI is InChI=1S/C14H30N4/c1-16-8-4-6-13(10-16)18(3)14(11-15)7-5-9-17(2)12-14/h13H,4-12,15H2,1-3H3. The molecule has 0 aromatic rings. The fraction of sp³-hybridized carbons (Fsp3) is 1.00. The van der Waals surface area contributed by atoms with Crippen LogP contribution in [0.15, 0.2) is 0 Å². The van der Waals surface area contributed by atoms with Crippen molar-refractivity contribution < 1.29 is 0 Å². The van der Waals surface area contributed by atoms with E-state index in [0.29, 0.717) is 6.04 Å². The van der Waals surface area contributed by atoms with Gasteiger partial charge in [0.1, 0.15) is 0 Å². The molecule has 106 valence electrons. The summed E-state index contributed by atoms with van der Waals surface area (Å²) in [6, 6.07) is 0.679. The highest BCUT2D eigenvalue weighted by Gasteiger charge is 2.40. The van der Waals surface area contributed by atoms with Crippen molar-refractivity contribution in [2.75, 3.05) is 53.9 Å². The van der Waals surface area contributed by atoms with Gasteiger partial charge in [0.25, 0.3) is 0 Å². The molecule has 0 saturated carbocycles. The monoisotopic (exact) mass is 254 g/mol. The number of hydrogen-bond donors (Lipinski definition) is 1. The summed E-state index contributed by atoms with van der Waals surface area (Å²) in [7, 11) is 6.77. The number of hydrogen-bond acceptors (Lipinski definition) is 4. The predicted octanol–water partition coefficient (Wildman–Crippen LogP) is 0.436. The third kappa shape index (κ3) is 2.87. The van der Waals surface area contributed by atoms with Gasteiger partial charge in [-0.15, -0.1) is 0 Å². The Morgan fingerprint density at radius 3 is 2.56 bits per heavy atom. The molecule has 0 bridgehead atoms. The zero-order chi connectivity index (χ0) is 13.2. The number of nitrogens with zero attached hydrogens (tertiary/aromatic N) is 3. The minimum Gasteiger partial charge on any atom is -0.329 e. The average Bonchev–Trinajstić information content (AvgIpc) is 2.37. The zero-order valence-corrected chi connectivity index (χ0v) is 12.4. The highest BCUT2D eigenvalue weighted by Crippen LogP contribution is 2.29. The molecule has 4 nitrogen and oxygen atoms in total. The Morgan fingerprint density at radius 2 is 1.94 bits per heavy atom. The third-order valence-electron chi connectivity index (χ3n) is 5.02. The molecule has 2 N–H and O–H groups in total. The van der Waals surface area contributed by atoms with Crippen molar-refractivity contribution in [1.29, 1.82) is 0 Å². The Balaban J connectivity index is 2.06. The van der Waals surface area contributed by atoms with Gasteiger partial charge in [-0.3, -0.25) is 4.90 Å². The molecule has 4 heteroatoms. The quantitative estimate of drug-likeness (QED) is 0.792. The van der Waals surface area contributed by atoms with E-state index in [0.717, 1.165) is 13.1 Å². The second-order valence-electron chi connectivity index (χ2n) is 6.44. The Bertz CT molecular complexity index is 271. The number of rotatable bonds is 3. The molecule has 18 heavy (non-hydrogen) atoms. The van der Waals surface area contributed by atoms with E-state index in [1.165, 1.54) is 45.3 Å². The molecule has 0 aromatic carbocycles. The van der Waals surface area contributed by atoms with Gasteiger partial charge in [-0.05, 0) is 59.9 Å². The topological polar surface area (TPSA) is 35.7 Å². The lowest BCUT2D eigenvalue weighted by atomic mass is 9.85. The molecule has 0 aromatic heterocycles. The van der Waals surface area contributed by atoms with Gasteiger partial charge in [0.05, 0.1) is 0 Å². The van der Waals surface area contributed by atoms with Crippen LogP contribution in [0.25, 0.3) is 0 Å². The van der Waals surface area contributed by atoms with E-state index in [2.05, 4.69) is 35.8 Å². The molecule has 2 fully saturated rings. The van der Waals surface area contributed by atoms with E-state index in [1.54, 1.807) is 0 Å². The summed E-state index contributed by atoms with van der Waals surface area (Å²) in [6.07, 6.45) is 5.18. The number of likely N-dealkylation sites (tertiary alicyclic amines) is 2. The second-order valence-corrected chi connectivity index (χ2v) is 6.44. The summed E-state index contributed by atoms with van der Waals surface area (Å²) in [6.45, 7) is 5.58. The molecule has 2 heterocycles. The van der Waals surface area contributed by atoms with Crippen LogP contribution in [-0.2, 0) is 0 Å². The third-order valence-corrected chi connectivity index (χ3v) is 5.02. The van der Waals surface area contributed by atoms with Crippen LogP contribution in [0.5, 0.6) is 0 Å². The largest absolute Gasteiger partial charge is 0.329 e. The smallest absolute Gasteiger partial charge is 0.0459 e. The fourth-order valence-corrected chi connectivity index (χ4v) is 3.78. The van der Waals surface area contributed by atoms with Crippen molar-refractivity contribution in [2.24, 2.45) is 5.73 Å². The first kappa shape index (κ1) is 14.3. The number of nitrogens with two attached hydrogens (primary N) is 1. The van der Waals surface area contributed by atoms with Crippen LogP contribution in [0.3, 0.4) is 0 Å². The van der Waals surface area contributed by atoms with E-state index in [-0.39, 0.29) is 5.54 Å². The fourth-order valence-electron chi connectivity index (χ4n) is 3.78. The molecule has 2 atom stereocenters. The first-order chi connectivity index (χ1) is 8.57. The molecule has 2 aliphatic rings. The van der Waals surface area contributed by atoms with E-state index in [9.17, 15) is 0 Å². The summed E-state index contributed by atoms with van der Waals surface area (Å²) in [4.78, 5) is 7.51. The van der Waals surface area contributed by atoms with Gasteiger partial charge in [0.15, 0.2) is 0 Å². The van der Waals surface area contributed by atoms with Crippen molar-refractivity contribution >= 4 is 0 Å². The van der Waals surface area contributed by atoms with Crippen molar-refractivity contribution in [3.63, 3.8) is 0 Å². The van der Waals surface area contributed by atoms with Crippen molar-refractivity contribution in [2.45, 2.75) is 37.3 Å². The first-order valence-electron chi connectivity index (χ1n) is 7.37. The van der Waals surface area contributed by atoms with Crippen LogP contribution in [0.2, 0.25) is 0 Å². The molecular formula is C14H30N4. The maximum atomic E-state index is 6.16. The molecule has 0 radical (unpaired) electrons. The van der Waals surface area contributed by atoms with Crippen molar-refractivity contribution in [3.05, 3.63) is 0 Å². The average molecular weight is 254 g/mol. The molecule has 2 saturated heterocycles. The van der Waals surface area contributed by atoms with E-state index < -0.39 is 0 Å². The molecule has 0 amide bonds. The lowest BCUT2D eigenvalue weighted by Gasteiger charge is -2.51. The Morgan fingerprint density at radius 1 is 1.22 bits per heavy atom. The molecular weight excluding hydrogens is 224 g/mol. The number of piperidine rings is 2. The minimum absolute atomic E-state index is 0.204. The molecule has 2 aliphatic heterocycles. The second kappa shape index (κ2) is 5.87. The highest BCUT2D eigenvalue weighted by molar-refractivity contribution is 4.99. The van der Waals surface area contributed by atoms with Gasteiger partial charge in [0.2, 0.25) is 0 Å². The van der Waals surface area contributed by atoms with Crippen LogP contribution in [0, 0.1) is 0 Å². The Hall–Kier alpha value is -0.160. The van der Waals surface area contributed by atoms with Gasteiger partial charge in [-0.1, -0.05) is 0 Å². The van der Waals surface area contributed by atoms with Crippen LogP contribution in [0.4, 0.5) is 0 Å². The summed E-state index contributed by atoms with van der Waals surface area (Å²) in [5.41, 5.74) is 6.36. The van der Waals surface area contributed by atoms with Crippen LogP contribution in [0.1, 0.15) is 25.7 Å². The molecule has 2 unspecified atom stereocenters. The highest BCUT2D eigenvalue weighted by atomic mass is 15.3. The molecule has 0 spiro atoms. The summed E-state index contributed by atoms with van der Waals surface area (Å²) in [5, 5.41) is 0. The Labute approximate surface area is 112 Å². The zero-order valence-electron chi connectivity index (χ0n) is 12.4. The van der Waals surface area contributed by atoms with Crippen LogP contribution >= 0.6 is 0 Å². The van der Waals surface area contributed by atoms with E-state index in [1.807, 2.05) is 0 Å². The Kier molecular flexibility index (Phi) is 4.64. The van der Waals surface area contributed by atoms with Gasteiger partial charge < -0.3 is 15.5 Å². The number of likely N-dealkylation sites (N-methyl/N-ethyl adjacent to an activating group) is 3. The lowest BCUT2D eigenvalue weighted by molar-refractivity contribution is -0.00556. The summed E-state index contributed by atoms with van der Waals surface area (Å²) in [5.74, 6) is 0. The maximum Gasteiger partial charge on any atom is 0.0459 e. The van der Waals surface area contributed by atoms with Crippen LogP contribution in [-0.4, -0.2) is 80.1 Å². The van der Waals surface area contributed by atoms with Gasteiger partial charge >= 0.3 is 0 Å². The first-order valence-corrected chi connectivity index (χ1v) is 7.37. The summed E-state index contributed by atoms with van der Waals surface area (Å²) < 4.78 is 0. The van der Waals surface area contributed by atoms with Gasteiger partial charge in [-0.2, -0.15) is 0 Å². The van der Waals surface area contributed by atoms with Crippen LogP contribution < -0.4 is 5.73 Å². The van der Waals surface area contributed by atoms with Crippen molar-refractivity contribution in [1.82, 2.24) is 14.7 Å². The van der Waals surface area contributed by atoms with Gasteiger partial charge in [0, 0.05) is 31.2 Å². The lowest BCUT2D eigenvalue weighted by Crippen LogP contribution is -2.65. The maximum absolute atomic E-state index is 6.16. The van der Waals surface area contributed by atoms with E-state index in [4.69, 9.17) is 5.73 Å². The van der Waals surface area contributed by atoms with Crippen molar-refractivity contribution in [3.8, 4) is 0 Å². The minimum atomic E-state index is 0.204. The van der Waals surface area contributed by atoms with Gasteiger partial charge in [-0.25, -0.2) is 0 Å². The SMILES string of the molecule is CN1CCCC(N(C)C2(CN)CCCN(C)C2)C1. The molecule has 2 rings (SSSR count). The molecule has 0 aliphatic carbocycles. The normalized spacial score (nSPS) is 36.2.